The number of carbonyl (C=O) groups excluding carboxylic acids is 1. The number of aromatic amines is 2. The number of hydrogen-bond acceptors (Lipinski definition) is 2. The lowest BCUT2D eigenvalue weighted by molar-refractivity contribution is 0.238. The molecule has 0 spiro atoms. The molecule has 0 unspecified atom stereocenters. The van der Waals surface area contributed by atoms with Crippen LogP contribution in [0.2, 0.25) is 0 Å². The van der Waals surface area contributed by atoms with E-state index in [9.17, 15) is 9.59 Å². The molecule has 0 radical (unpaired) electrons. The summed E-state index contributed by atoms with van der Waals surface area (Å²) < 4.78 is 0. The van der Waals surface area contributed by atoms with Crippen molar-refractivity contribution in [3.05, 3.63) is 93.9 Å². The van der Waals surface area contributed by atoms with E-state index in [2.05, 4.69) is 20.8 Å². The Balaban J connectivity index is 1.72. The Labute approximate surface area is 138 Å². The molecule has 1 heterocycles. The van der Waals surface area contributed by atoms with Crippen molar-refractivity contribution >= 4 is 6.03 Å². The van der Waals surface area contributed by atoms with E-state index in [0.29, 0.717) is 5.69 Å². The third kappa shape index (κ3) is 3.92. The van der Waals surface area contributed by atoms with E-state index in [-0.39, 0.29) is 24.2 Å². The molecule has 24 heavy (non-hydrogen) atoms. The van der Waals surface area contributed by atoms with Crippen LogP contribution >= 0.6 is 0 Å². The van der Waals surface area contributed by atoms with Crippen molar-refractivity contribution in [2.24, 2.45) is 0 Å². The number of H-pyrrole nitrogens is 2. The maximum atomic E-state index is 12.3. The number of urea groups is 1. The van der Waals surface area contributed by atoms with Gasteiger partial charge in [-0.05, 0) is 11.1 Å². The fourth-order valence-corrected chi connectivity index (χ4v) is 2.48. The summed E-state index contributed by atoms with van der Waals surface area (Å²) in [4.78, 5) is 23.3. The smallest absolute Gasteiger partial charge is 0.315 e. The first-order chi connectivity index (χ1) is 11.7. The average molecular weight is 322 g/mol. The van der Waals surface area contributed by atoms with Crippen molar-refractivity contribution in [3.63, 3.8) is 0 Å². The van der Waals surface area contributed by atoms with Crippen LogP contribution in [0.25, 0.3) is 0 Å². The van der Waals surface area contributed by atoms with Gasteiger partial charge in [-0.15, -0.1) is 0 Å². The van der Waals surface area contributed by atoms with E-state index < -0.39 is 0 Å². The van der Waals surface area contributed by atoms with Gasteiger partial charge in [0, 0.05) is 6.07 Å². The molecular formula is C18H18N4O2. The molecule has 1 aromatic heterocycles. The van der Waals surface area contributed by atoms with E-state index >= 15 is 0 Å². The van der Waals surface area contributed by atoms with E-state index in [1.54, 1.807) is 0 Å². The van der Waals surface area contributed by atoms with Gasteiger partial charge in [0.2, 0.25) is 0 Å². The highest BCUT2D eigenvalue weighted by Gasteiger charge is 2.16. The van der Waals surface area contributed by atoms with Gasteiger partial charge in [0.1, 0.15) is 0 Å². The van der Waals surface area contributed by atoms with E-state index in [1.165, 1.54) is 6.07 Å². The van der Waals surface area contributed by atoms with Gasteiger partial charge in [-0.25, -0.2) is 4.79 Å². The molecule has 0 atom stereocenters. The Morgan fingerprint density at radius 1 is 0.917 bits per heavy atom. The Morgan fingerprint density at radius 2 is 1.50 bits per heavy atom. The minimum atomic E-state index is -0.310. The maximum Gasteiger partial charge on any atom is 0.315 e. The lowest BCUT2D eigenvalue weighted by atomic mass is 9.99. The van der Waals surface area contributed by atoms with E-state index in [1.807, 2.05) is 60.7 Å². The van der Waals surface area contributed by atoms with Crippen molar-refractivity contribution in [1.82, 2.24) is 20.8 Å². The molecule has 0 saturated heterocycles. The molecule has 0 saturated carbocycles. The van der Waals surface area contributed by atoms with Gasteiger partial charge in [0.05, 0.1) is 18.3 Å². The third-order valence-corrected chi connectivity index (χ3v) is 3.63. The first kappa shape index (κ1) is 15.6. The lowest BCUT2D eigenvalue weighted by Crippen LogP contribution is -2.38. The quantitative estimate of drug-likeness (QED) is 0.580. The second-order valence-corrected chi connectivity index (χ2v) is 5.37. The molecule has 0 bridgehead atoms. The monoisotopic (exact) mass is 322 g/mol. The largest absolute Gasteiger partial charge is 0.333 e. The fraction of sp³-hybridized carbons (Fsp3) is 0.111. The SMILES string of the molecule is O=C(NCc1cc(=O)[nH][nH]1)NC(c1ccccc1)c1ccccc1. The molecule has 6 heteroatoms. The molecule has 2 aromatic carbocycles. The summed E-state index contributed by atoms with van der Waals surface area (Å²) in [6.45, 7) is 0.237. The third-order valence-electron chi connectivity index (χ3n) is 3.63. The zero-order valence-corrected chi connectivity index (χ0v) is 13.0. The van der Waals surface area contributed by atoms with Crippen molar-refractivity contribution in [2.75, 3.05) is 0 Å². The summed E-state index contributed by atoms with van der Waals surface area (Å²) in [7, 11) is 0. The molecule has 122 valence electrons. The maximum absolute atomic E-state index is 12.3. The predicted molar refractivity (Wildman–Crippen MR) is 91.5 cm³/mol. The van der Waals surface area contributed by atoms with Gasteiger partial charge in [-0.3, -0.25) is 9.89 Å². The van der Waals surface area contributed by atoms with Crippen LogP contribution in [0.1, 0.15) is 22.9 Å². The normalized spacial score (nSPS) is 10.5. The summed E-state index contributed by atoms with van der Waals surface area (Å²) in [5.74, 6) is 0. The highest BCUT2D eigenvalue weighted by Crippen LogP contribution is 2.21. The Hall–Kier alpha value is -3.28. The zero-order chi connectivity index (χ0) is 16.8. The second-order valence-electron chi connectivity index (χ2n) is 5.37. The van der Waals surface area contributed by atoms with Gasteiger partial charge in [0.25, 0.3) is 5.56 Å². The fourth-order valence-electron chi connectivity index (χ4n) is 2.48. The molecule has 6 nitrogen and oxygen atoms in total. The van der Waals surface area contributed by atoms with Gasteiger partial charge >= 0.3 is 6.03 Å². The highest BCUT2D eigenvalue weighted by molar-refractivity contribution is 5.75. The van der Waals surface area contributed by atoms with Crippen LogP contribution in [0.15, 0.2) is 71.5 Å². The minimum Gasteiger partial charge on any atom is -0.333 e. The van der Waals surface area contributed by atoms with Crippen LogP contribution in [0.4, 0.5) is 4.79 Å². The Morgan fingerprint density at radius 3 is 2.00 bits per heavy atom. The zero-order valence-electron chi connectivity index (χ0n) is 13.0. The first-order valence-electron chi connectivity index (χ1n) is 7.63. The second kappa shape index (κ2) is 7.32. The number of benzene rings is 2. The number of nitrogens with one attached hydrogen (secondary N) is 4. The van der Waals surface area contributed by atoms with Crippen LogP contribution in [0.3, 0.4) is 0 Å². The topological polar surface area (TPSA) is 89.8 Å². The van der Waals surface area contributed by atoms with Gasteiger partial charge in [0.15, 0.2) is 0 Å². The first-order valence-corrected chi connectivity index (χ1v) is 7.63. The molecule has 0 fully saturated rings. The van der Waals surface area contributed by atoms with Gasteiger partial charge in [-0.2, -0.15) is 0 Å². The molecule has 2 amide bonds. The lowest BCUT2D eigenvalue weighted by Gasteiger charge is -2.20. The summed E-state index contributed by atoms with van der Waals surface area (Å²) >= 11 is 0. The number of hydrogen-bond donors (Lipinski definition) is 4. The van der Waals surface area contributed by atoms with Crippen molar-refractivity contribution in [2.45, 2.75) is 12.6 Å². The molecule has 0 aliphatic heterocycles. The molecule has 3 aromatic rings. The molecule has 4 N–H and O–H groups in total. The minimum absolute atomic E-state index is 0.223. The van der Waals surface area contributed by atoms with Crippen molar-refractivity contribution in [3.8, 4) is 0 Å². The molecular weight excluding hydrogens is 304 g/mol. The number of amides is 2. The van der Waals surface area contributed by atoms with Crippen molar-refractivity contribution in [1.29, 1.82) is 0 Å². The van der Waals surface area contributed by atoms with Gasteiger partial charge < -0.3 is 15.7 Å². The molecule has 0 aliphatic carbocycles. The Kier molecular flexibility index (Phi) is 4.76. The Bertz CT molecular complexity index is 800. The average Bonchev–Trinajstić information content (AvgIpc) is 3.05. The van der Waals surface area contributed by atoms with Crippen molar-refractivity contribution < 1.29 is 4.79 Å². The molecule has 0 aliphatic rings. The summed E-state index contributed by atoms with van der Waals surface area (Å²) in [5.41, 5.74) is 2.38. The number of rotatable bonds is 5. The summed E-state index contributed by atoms with van der Waals surface area (Å²) in [5, 5.41) is 10.8. The van der Waals surface area contributed by atoms with Crippen LogP contribution in [-0.4, -0.2) is 16.2 Å². The number of aromatic nitrogens is 2. The summed E-state index contributed by atoms with van der Waals surface area (Å²) in [6.07, 6.45) is 0. The molecule has 3 rings (SSSR count). The van der Waals surface area contributed by atoms with E-state index in [0.717, 1.165) is 11.1 Å². The van der Waals surface area contributed by atoms with Crippen LogP contribution in [-0.2, 0) is 6.54 Å². The van der Waals surface area contributed by atoms with E-state index in [4.69, 9.17) is 0 Å². The number of carbonyl (C=O) groups is 1. The summed E-state index contributed by atoms with van der Waals surface area (Å²) in [6, 6.07) is 20.4. The van der Waals surface area contributed by atoms with Crippen LogP contribution < -0.4 is 16.2 Å². The van der Waals surface area contributed by atoms with Gasteiger partial charge in [-0.1, -0.05) is 60.7 Å². The van der Waals surface area contributed by atoms with Crippen LogP contribution in [0, 0.1) is 0 Å². The standard InChI is InChI=1S/C18H18N4O2/c23-16-11-15(21-22-16)12-19-18(24)20-17(13-7-3-1-4-8-13)14-9-5-2-6-10-14/h1-11,17H,12H2,(H2,19,20,24)(H2,21,22,23). The highest BCUT2D eigenvalue weighted by atomic mass is 16.2. The van der Waals surface area contributed by atoms with Crippen LogP contribution in [0.5, 0.6) is 0 Å². The predicted octanol–water partition coefficient (Wildman–Crippen LogP) is 2.29.